The van der Waals surface area contributed by atoms with E-state index in [1.54, 1.807) is 0 Å². The Morgan fingerprint density at radius 2 is 1.88 bits per heavy atom. The predicted molar refractivity (Wildman–Crippen MR) is 67.3 cm³/mol. The fraction of sp³-hybridized carbons (Fsp3) is 0.286. The predicted octanol–water partition coefficient (Wildman–Crippen LogP) is 2.31. The second-order valence-corrected chi connectivity index (χ2v) is 4.10. The highest BCUT2D eigenvalue weighted by Crippen LogP contribution is 2.18. The molecule has 0 spiro atoms. The zero-order valence-electron chi connectivity index (χ0n) is 9.48. The summed E-state index contributed by atoms with van der Waals surface area (Å²) in [6.45, 7) is 2.94. The largest absolute Gasteiger partial charge is 0.395 e. The van der Waals surface area contributed by atoms with Gasteiger partial charge in [-0.2, -0.15) is 0 Å². The number of hydrogen-bond donors (Lipinski definition) is 2. The first-order valence-electron chi connectivity index (χ1n) is 5.62. The van der Waals surface area contributed by atoms with Crippen LogP contribution in [0.2, 0.25) is 0 Å². The van der Waals surface area contributed by atoms with E-state index in [2.05, 4.69) is 47.8 Å². The molecule has 2 heteroatoms. The molecular weight excluding hydrogens is 198 g/mol. The second-order valence-electron chi connectivity index (χ2n) is 4.10. The minimum absolute atomic E-state index is 0.138. The zero-order valence-corrected chi connectivity index (χ0v) is 9.48. The number of rotatable bonds is 4. The van der Waals surface area contributed by atoms with Crippen molar-refractivity contribution >= 4 is 10.8 Å². The van der Waals surface area contributed by atoms with Gasteiger partial charge in [0.15, 0.2) is 0 Å². The molecule has 0 aliphatic carbocycles. The van der Waals surface area contributed by atoms with E-state index >= 15 is 0 Å². The van der Waals surface area contributed by atoms with Gasteiger partial charge in [-0.3, -0.25) is 0 Å². The van der Waals surface area contributed by atoms with E-state index in [0.717, 1.165) is 6.54 Å². The topological polar surface area (TPSA) is 32.3 Å². The Labute approximate surface area is 95.9 Å². The highest BCUT2D eigenvalue weighted by atomic mass is 16.3. The van der Waals surface area contributed by atoms with E-state index in [4.69, 9.17) is 5.11 Å². The lowest BCUT2D eigenvalue weighted by Gasteiger charge is -2.12. The molecule has 0 amide bonds. The Kier molecular flexibility index (Phi) is 3.54. The van der Waals surface area contributed by atoms with Gasteiger partial charge in [0, 0.05) is 12.6 Å². The summed E-state index contributed by atoms with van der Waals surface area (Å²) in [7, 11) is 0. The van der Waals surface area contributed by atoms with Crippen molar-refractivity contribution in [1.82, 2.24) is 5.32 Å². The van der Waals surface area contributed by atoms with Gasteiger partial charge in [0.05, 0.1) is 6.61 Å². The molecule has 2 aromatic carbocycles. The van der Waals surface area contributed by atoms with Crippen LogP contribution in [0.25, 0.3) is 10.8 Å². The van der Waals surface area contributed by atoms with Crippen molar-refractivity contribution in [3.63, 3.8) is 0 Å². The standard InChI is InChI=1S/C14H17NO/c1-11(10-16)15-9-13-7-4-6-12-5-2-3-8-14(12)13/h2-8,11,15-16H,9-10H2,1H3. The Balaban J connectivity index is 2.23. The van der Waals surface area contributed by atoms with Crippen LogP contribution in [0.15, 0.2) is 42.5 Å². The summed E-state index contributed by atoms with van der Waals surface area (Å²) in [5.74, 6) is 0. The van der Waals surface area contributed by atoms with Crippen LogP contribution >= 0.6 is 0 Å². The molecule has 0 fully saturated rings. The van der Waals surface area contributed by atoms with Crippen molar-refractivity contribution in [3.8, 4) is 0 Å². The van der Waals surface area contributed by atoms with Crippen molar-refractivity contribution in [2.75, 3.05) is 6.61 Å². The molecule has 16 heavy (non-hydrogen) atoms. The molecular formula is C14H17NO. The summed E-state index contributed by atoms with van der Waals surface area (Å²) in [5.41, 5.74) is 1.28. The van der Waals surface area contributed by atoms with Gasteiger partial charge in [-0.05, 0) is 23.3 Å². The molecule has 0 radical (unpaired) electrons. The van der Waals surface area contributed by atoms with E-state index in [-0.39, 0.29) is 12.6 Å². The lowest BCUT2D eigenvalue weighted by Crippen LogP contribution is -2.28. The Hall–Kier alpha value is -1.38. The third-order valence-corrected chi connectivity index (χ3v) is 2.79. The van der Waals surface area contributed by atoms with Crippen molar-refractivity contribution in [2.24, 2.45) is 0 Å². The van der Waals surface area contributed by atoms with E-state index in [1.807, 2.05) is 6.92 Å². The van der Waals surface area contributed by atoms with Gasteiger partial charge in [0.25, 0.3) is 0 Å². The molecule has 0 bridgehead atoms. The van der Waals surface area contributed by atoms with Crippen molar-refractivity contribution < 1.29 is 5.11 Å². The third-order valence-electron chi connectivity index (χ3n) is 2.79. The minimum atomic E-state index is 0.138. The van der Waals surface area contributed by atoms with Gasteiger partial charge in [0.2, 0.25) is 0 Å². The van der Waals surface area contributed by atoms with Crippen molar-refractivity contribution in [2.45, 2.75) is 19.5 Å². The smallest absolute Gasteiger partial charge is 0.0582 e. The normalized spacial score (nSPS) is 12.9. The van der Waals surface area contributed by atoms with Gasteiger partial charge >= 0.3 is 0 Å². The molecule has 0 saturated heterocycles. The molecule has 1 atom stereocenters. The SMILES string of the molecule is CC(CO)NCc1cccc2ccccc12. The molecule has 2 N–H and O–H groups in total. The third kappa shape index (κ3) is 2.40. The van der Waals surface area contributed by atoms with Crippen LogP contribution in [-0.2, 0) is 6.54 Å². The number of aliphatic hydroxyl groups excluding tert-OH is 1. The molecule has 2 rings (SSSR count). The maximum atomic E-state index is 8.96. The lowest BCUT2D eigenvalue weighted by atomic mass is 10.0. The van der Waals surface area contributed by atoms with Gasteiger partial charge in [-0.1, -0.05) is 42.5 Å². The number of hydrogen-bond acceptors (Lipinski definition) is 2. The molecule has 1 unspecified atom stereocenters. The van der Waals surface area contributed by atoms with E-state index in [9.17, 15) is 0 Å². The molecule has 0 saturated carbocycles. The first kappa shape index (κ1) is 11.1. The molecule has 2 nitrogen and oxygen atoms in total. The van der Waals surface area contributed by atoms with E-state index in [1.165, 1.54) is 16.3 Å². The fourth-order valence-electron chi connectivity index (χ4n) is 1.80. The summed E-state index contributed by atoms with van der Waals surface area (Å²) < 4.78 is 0. The molecule has 0 aromatic heterocycles. The number of fused-ring (bicyclic) bond motifs is 1. The Bertz CT molecular complexity index is 462. The lowest BCUT2D eigenvalue weighted by molar-refractivity contribution is 0.251. The minimum Gasteiger partial charge on any atom is -0.395 e. The number of nitrogens with one attached hydrogen (secondary N) is 1. The fourth-order valence-corrected chi connectivity index (χ4v) is 1.80. The number of aliphatic hydroxyl groups is 1. The van der Waals surface area contributed by atoms with Crippen LogP contribution in [0.4, 0.5) is 0 Å². The first-order chi connectivity index (χ1) is 7.81. The number of benzene rings is 2. The molecule has 0 heterocycles. The highest BCUT2D eigenvalue weighted by molar-refractivity contribution is 5.85. The first-order valence-corrected chi connectivity index (χ1v) is 5.62. The van der Waals surface area contributed by atoms with Crippen molar-refractivity contribution in [1.29, 1.82) is 0 Å². The second kappa shape index (κ2) is 5.10. The zero-order chi connectivity index (χ0) is 11.4. The van der Waals surface area contributed by atoms with Crippen LogP contribution in [0.3, 0.4) is 0 Å². The van der Waals surface area contributed by atoms with Crippen LogP contribution in [0.5, 0.6) is 0 Å². The van der Waals surface area contributed by atoms with Crippen LogP contribution in [-0.4, -0.2) is 17.8 Å². The Morgan fingerprint density at radius 3 is 2.69 bits per heavy atom. The maximum absolute atomic E-state index is 8.96. The molecule has 84 valence electrons. The van der Waals surface area contributed by atoms with Crippen molar-refractivity contribution in [3.05, 3.63) is 48.0 Å². The summed E-state index contributed by atoms with van der Waals surface area (Å²) in [6, 6.07) is 14.8. The highest BCUT2D eigenvalue weighted by Gasteiger charge is 2.02. The summed E-state index contributed by atoms with van der Waals surface area (Å²) in [4.78, 5) is 0. The molecule has 0 aliphatic rings. The van der Waals surface area contributed by atoms with Gasteiger partial charge in [-0.15, -0.1) is 0 Å². The molecule has 0 aliphatic heterocycles. The summed E-state index contributed by atoms with van der Waals surface area (Å²) in [6.07, 6.45) is 0. The summed E-state index contributed by atoms with van der Waals surface area (Å²) >= 11 is 0. The van der Waals surface area contributed by atoms with Crippen LogP contribution < -0.4 is 5.32 Å². The van der Waals surface area contributed by atoms with E-state index < -0.39 is 0 Å². The maximum Gasteiger partial charge on any atom is 0.0582 e. The summed E-state index contributed by atoms with van der Waals surface area (Å²) in [5, 5.41) is 14.8. The van der Waals surface area contributed by atoms with E-state index in [0.29, 0.717) is 0 Å². The quantitative estimate of drug-likeness (QED) is 0.820. The van der Waals surface area contributed by atoms with Gasteiger partial charge in [0.1, 0.15) is 0 Å². The monoisotopic (exact) mass is 215 g/mol. The van der Waals surface area contributed by atoms with Crippen LogP contribution in [0, 0.1) is 0 Å². The van der Waals surface area contributed by atoms with Crippen LogP contribution in [0.1, 0.15) is 12.5 Å². The average Bonchev–Trinajstić information content (AvgIpc) is 2.35. The average molecular weight is 215 g/mol. The molecule has 2 aromatic rings. The van der Waals surface area contributed by atoms with Gasteiger partial charge < -0.3 is 10.4 Å². The Morgan fingerprint density at radius 1 is 1.12 bits per heavy atom. The van der Waals surface area contributed by atoms with Gasteiger partial charge in [-0.25, -0.2) is 0 Å².